The van der Waals surface area contributed by atoms with Gasteiger partial charge in [0.05, 0.1) is 24.4 Å². The monoisotopic (exact) mass is 394 g/mol. The van der Waals surface area contributed by atoms with Crippen LogP contribution in [0.4, 0.5) is 8.78 Å². The van der Waals surface area contributed by atoms with Crippen LogP contribution in [0, 0.1) is 11.6 Å². The van der Waals surface area contributed by atoms with Crippen LogP contribution in [0.15, 0.2) is 23.3 Å². The van der Waals surface area contributed by atoms with Crippen LogP contribution >= 0.6 is 0 Å². The number of rotatable bonds is 7. The largest absolute Gasteiger partial charge is 0.497 e. The van der Waals surface area contributed by atoms with Crippen LogP contribution in [0.25, 0.3) is 5.57 Å². The number of benzene rings is 1. The van der Waals surface area contributed by atoms with E-state index in [1.165, 1.54) is 18.3 Å². The van der Waals surface area contributed by atoms with Gasteiger partial charge in [-0.05, 0) is 34.1 Å². The van der Waals surface area contributed by atoms with E-state index in [9.17, 15) is 8.78 Å². The molecule has 0 saturated carbocycles. The first-order valence-electron chi connectivity index (χ1n) is 9.38. The van der Waals surface area contributed by atoms with Crippen molar-refractivity contribution in [2.45, 2.75) is 52.2 Å². The van der Waals surface area contributed by atoms with Crippen LogP contribution in [0.1, 0.15) is 46.6 Å². The van der Waals surface area contributed by atoms with Crippen molar-refractivity contribution < 1.29 is 22.8 Å². The average molecular weight is 394 g/mol. The quantitative estimate of drug-likeness (QED) is 0.439. The molecule has 1 aromatic carbocycles. The number of halogens is 2. The predicted octanol–water partition coefficient (Wildman–Crippen LogP) is 3.06. The Labute approximate surface area is 166 Å². The molecule has 0 atom stereocenters. The van der Waals surface area contributed by atoms with E-state index in [1.807, 2.05) is 34.6 Å². The smallest absolute Gasteiger partial charge is 0.404 e. The highest BCUT2D eigenvalue weighted by atomic mass is 19.2. The highest BCUT2D eigenvalue weighted by Crippen LogP contribution is 2.37. The van der Waals surface area contributed by atoms with Crippen LogP contribution < -0.4 is 11.2 Å². The maximum Gasteiger partial charge on any atom is 0.497 e. The van der Waals surface area contributed by atoms with Crippen molar-refractivity contribution >= 4 is 23.9 Å². The summed E-state index contributed by atoms with van der Waals surface area (Å²) >= 11 is 0. The predicted molar refractivity (Wildman–Crippen MR) is 109 cm³/mol. The van der Waals surface area contributed by atoms with Crippen molar-refractivity contribution in [1.29, 1.82) is 0 Å². The number of ether oxygens (including phenoxy) is 1. The van der Waals surface area contributed by atoms with E-state index in [2.05, 4.69) is 4.99 Å². The van der Waals surface area contributed by atoms with Gasteiger partial charge in [0.2, 0.25) is 0 Å². The van der Waals surface area contributed by atoms with Gasteiger partial charge < -0.3 is 19.8 Å². The van der Waals surface area contributed by atoms with Crippen LogP contribution in [0.5, 0.6) is 0 Å². The number of nitrogens with two attached hydrogens (primary N) is 1. The Balaban J connectivity index is 2.39. The molecule has 154 valence electrons. The van der Waals surface area contributed by atoms with Gasteiger partial charge in [-0.1, -0.05) is 19.1 Å². The molecule has 0 radical (unpaired) electrons. The zero-order valence-electron chi connectivity index (χ0n) is 17.4. The van der Waals surface area contributed by atoms with Gasteiger partial charge in [-0.15, -0.1) is 0 Å². The van der Waals surface area contributed by atoms with Crippen molar-refractivity contribution in [1.82, 2.24) is 0 Å². The normalized spacial score (nSPS) is 19.4. The Hall–Kier alpha value is -1.77. The third-order valence-corrected chi connectivity index (χ3v) is 5.32. The highest BCUT2D eigenvalue weighted by molar-refractivity contribution is 6.62. The van der Waals surface area contributed by atoms with Crippen molar-refractivity contribution in [3.63, 3.8) is 0 Å². The average Bonchev–Trinajstić information content (AvgIpc) is 2.85. The van der Waals surface area contributed by atoms with Gasteiger partial charge in [-0.25, -0.2) is 8.78 Å². The zero-order valence-corrected chi connectivity index (χ0v) is 17.4. The summed E-state index contributed by atoms with van der Waals surface area (Å²) in [7, 11) is 0.588. The minimum absolute atomic E-state index is 0.0191. The number of nitrogens with zero attached hydrogens (tertiary/aromatic N) is 1. The third kappa shape index (κ3) is 4.29. The van der Waals surface area contributed by atoms with Crippen molar-refractivity contribution in [3.8, 4) is 0 Å². The molecule has 0 spiro atoms. The number of methoxy groups -OCH3 is 1. The summed E-state index contributed by atoms with van der Waals surface area (Å²) in [5, 5.41) is 0. The molecule has 2 rings (SSSR count). The van der Waals surface area contributed by atoms with Gasteiger partial charge in [-0.2, -0.15) is 0 Å². The first-order valence-corrected chi connectivity index (χ1v) is 9.38. The lowest BCUT2D eigenvalue weighted by Gasteiger charge is -2.32. The maximum absolute atomic E-state index is 15.0. The molecule has 0 bridgehead atoms. The van der Waals surface area contributed by atoms with Crippen molar-refractivity contribution in [2.24, 2.45) is 10.7 Å². The fourth-order valence-corrected chi connectivity index (χ4v) is 2.93. The molecular weight excluding hydrogens is 365 g/mol. The van der Waals surface area contributed by atoms with Gasteiger partial charge >= 0.3 is 7.12 Å². The van der Waals surface area contributed by atoms with E-state index in [0.717, 1.165) is 0 Å². The number of aliphatic imine (C=N–C) groups is 1. The van der Waals surface area contributed by atoms with E-state index < -0.39 is 30.0 Å². The first kappa shape index (κ1) is 22.5. The number of hydrogen-bond acceptors (Lipinski definition) is 5. The Morgan fingerprint density at radius 3 is 2.29 bits per heavy atom. The van der Waals surface area contributed by atoms with Gasteiger partial charge in [0.1, 0.15) is 0 Å². The van der Waals surface area contributed by atoms with Crippen LogP contribution in [0.3, 0.4) is 0 Å². The maximum atomic E-state index is 15.0. The number of allylic oxidation sites excluding steroid dienone is 1. The Morgan fingerprint density at radius 2 is 1.79 bits per heavy atom. The molecule has 1 aliphatic rings. The highest BCUT2D eigenvalue weighted by Gasteiger charge is 2.52. The Kier molecular flexibility index (Phi) is 7.01. The Bertz CT molecular complexity index is 763. The third-order valence-electron chi connectivity index (χ3n) is 5.32. The lowest BCUT2D eigenvalue weighted by atomic mass is 9.77. The summed E-state index contributed by atoms with van der Waals surface area (Å²) in [4.78, 5) is 4.39. The molecule has 1 aliphatic heterocycles. The van der Waals surface area contributed by atoms with Crippen LogP contribution in [0.2, 0.25) is 0 Å². The van der Waals surface area contributed by atoms with Gasteiger partial charge in [0.25, 0.3) is 0 Å². The van der Waals surface area contributed by atoms with E-state index in [1.54, 1.807) is 7.11 Å². The Morgan fingerprint density at radius 1 is 1.18 bits per heavy atom. The van der Waals surface area contributed by atoms with Crippen LogP contribution in [-0.2, 0) is 14.0 Å². The summed E-state index contributed by atoms with van der Waals surface area (Å²) < 4.78 is 46.6. The molecule has 28 heavy (non-hydrogen) atoms. The van der Waals surface area contributed by atoms with E-state index >= 15 is 0 Å². The molecule has 1 fully saturated rings. The number of hydrogen-bond donors (Lipinski definition) is 1. The molecular formula is C20H29BF2N2O3. The van der Waals surface area contributed by atoms with Gasteiger partial charge in [-0.3, -0.25) is 4.99 Å². The molecule has 1 aromatic rings. The minimum Gasteiger partial charge on any atom is -0.404 e. The molecule has 0 aliphatic carbocycles. The second-order valence-electron chi connectivity index (χ2n) is 7.67. The second kappa shape index (κ2) is 8.72. The summed E-state index contributed by atoms with van der Waals surface area (Å²) in [6, 6.07) is 2.96. The van der Waals surface area contributed by atoms with Crippen LogP contribution in [-0.4, -0.2) is 44.3 Å². The van der Waals surface area contributed by atoms with Crippen molar-refractivity contribution in [3.05, 3.63) is 35.5 Å². The fraction of sp³-hybridized carbons (Fsp3) is 0.550. The van der Waals surface area contributed by atoms with E-state index in [4.69, 9.17) is 19.8 Å². The minimum atomic E-state index is -1.01. The zero-order chi connectivity index (χ0) is 21.1. The molecule has 0 aromatic heterocycles. The van der Waals surface area contributed by atoms with E-state index in [-0.39, 0.29) is 11.0 Å². The summed E-state index contributed by atoms with van der Waals surface area (Å²) in [6.07, 6.45) is 1.77. The lowest BCUT2D eigenvalue weighted by molar-refractivity contribution is 0.00578. The second-order valence-corrected chi connectivity index (χ2v) is 7.67. The summed E-state index contributed by atoms with van der Waals surface area (Å²) in [5.74, 6) is -2.01. The van der Waals surface area contributed by atoms with Gasteiger partial charge in [0.15, 0.2) is 11.6 Å². The SMILES string of the molecule is CCC(=NCCOC)/C(=C\N)c1ccc(B2OC(C)(C)C(C)(C)O2)c(F)c1F. The molecule has 1 saturated heterocycles. The summed E-state index contributed by atoms with van der Waals surface area (Å²) in [6.45, 7) is 10.1. The molecule has 5 nitrogen and oxygen atoms in total. The lowest BCUT2D eigenvalue weighted by Crippen LogP contribution is -2.41. The van der Waals surface area contributed by atoms with E-state index in [0.29, 0.717) is 30.9 Å². The standard InChI is InChI=1S/C20H29BF2N2O3/c1-7-16(25-10-11-26-6)14(12-24)13-8-9-15(18(23)17(13)22)21-27-19(2,3)20(4,5)28-21/h8-9,12H,7,10-11,24H2,1-6H3/b14-12-,25-16?. The first-order chi connectivity index (χ1) is 13.1. The molecule has 2 N–H and O–H groups in total. The topological polar surface area (TPSA) is 66.1 Å². The molecule has 1 heterocycles. The molecule has 8 heteroatoms. The summed E-state index contributed by atoms with van der Waals surface area (Å²) in [5.41, 5.74) is 5.44. The molecule has 0 amide bonds. The fourth-order valence-electron chi connectivity index (χ4n) is 2.93. The van der Waals surface area contributed by atoms with Crippen molar-refractivity contribution in [2.75, 3.05) is 20.3 Å². The molecule has 0 unspecified atom stereocenters. The van der Waals surface area contributed by atoms with Gasteiger partial charge in [0, 0.05) is 35.6 Å².